The van der Waals surface area contributed by atoms with Crippen molar-refractivity contribution >= 4 is 17.3 Å². The second-order valence-electron chi connectivity index (χ2n) is 5.20. The van der Waals surface area contributed by atoms with Crippen molar-refractivity contribution in [3.8, 4) is 5.69 Å². The van der Waals surface area contributed by atoms with E-state index in [2.05, 4.69) is 15.6 Å². The topological polar surface area (TPSA) is 79.2 Å². The first-order valence-electron chi connectivity index (χ1n) is 7.61. The molecule has 3 rings (SSSR count). The van der Waals surface area contributed by atoms with Crippen molar-refractivity contribution in [2.75, 3.05) is 18.5 Å². The molecule has 24 heavy (non-hydrogen) atoms. The van der Waals surface area contributed by atoms with Crippen LogP contribution in [0.25, 0.3) is 5.69 Å². The van der Waals surface area contributed by atoms with Crippen LogP contribution in [0.3, 0.4) is 0 Å². The molecular formula is C18H18N4O2. The van der Waals surface area contributed by atoms with Gasteiger partial charge in [-0.25, -0.2) is 4.98 Å². The standard InChI is InChI=1S/C18H18N4O2/c23-11-9-20-18(24)14-2-1-3-16(12-14)21-15-4-6-17(7-5-15)22-10-8-19-13-22/h1-8,10,12-13,21,23H,9,11H2,(H,20,24). The number of aromatic nitrogens is 2. The van der Waals surface area contributed by atoms with E-state index in [1.54, 1.807) is 24.7 Å². The number of rotatable bonds is 6. The van der Waals surface area contributed by atoms with Crippen LogP contribution < -0.4 is 10.6 Å². The molecule has 1 amide bonds. The van der Waals surface area contributed by atoms with E-state index in [0.29, 0.717) is 5.56 Å². The van der Waals surface area contributed by atoms with Crippen molar-refractivity contribution in [1.82, 2.24) is 14.9 Å². The van der Waals surface area contributed by atoms with E-state index >= 15 is 0 Å². The van der Waals surface area contributed by atoms with Crippen molar-refractivity contribution in [2.45, 2.75) is 0 Å². The second-order valence-corrected chi connectivity index (χ2v) is 5.20. The molecular weight excluding hydrogens is 304 g/mol. The maximum Gasteiger partial charge on any atom is 0.251 e. The normalized spacial score (nSPS) is 10.4. The van der Waals surface area contributed by atoms with Gasteiger partial charge in [-0.1, -0.05) is 6.07 Å². The summed E-state index contributed by atoms with van der Waals surface area (Å²) in [4.78, 5) is 16.0. The molecule has 0 spiro atoms. The van der Waals surface area contributed by atoms with E-state index in [1.165, 1.54) is 0 Å². The highest BCUT2D eigenvalue weighted by atomic mass is 16.3. The zero-order valence-corrected chi connectivity index (χ0v) is 13.0. The Bertz CT molecular complexity index is 798. The van der Waals surface area contributed by atoms with Gasteiger partial charge in [0.25, 0.3) is 5.91 Å². The van der Waals surface area contributed by atoms with Gasteiger partial charge in [0.1, 0.15) is 0 Å². The Morgan fingerprint density at radius 2 is 1.96 bits per heavy atom. The third-order valence-electron chi connectivity index (χ3n) is 3.48. The van der Waals surface area contributed by atoms with Crippen molar-refractivity contribution in [2.24, 2.45) is 0 Å². The minimum absolute atomic E-state index is 0.0764. The number of nitrogens with one attached hydrogen (secondary N) is 2. The predicted molar refractivity (Wildman–Crippen MR) is 92.7 cm³/mol. The highest BCUT2D eigenvalue weighted by Crippen LogP contribution is 2.19. The Kier molecular flexibility index (Phi) is 4.88. The van der Waals surface area contributed by atoms with E-state index in [9.17, 15) is 4.79 Å². The molecule has 0 bridgehead atoms. The average Bonchev–Trinajstić information content (AvgIpc) is 3.15. The number of carbonyl (C=O) groups excluding carboxylic acids is 1. The lowest BCUT2D eigenvalue weighted by molar-refractivity contribution is 0.0945. The summed E-state index contributed by atoms with van der Waals surface area (Å²) in [6, 6.07) is 15.1. The largest absolute Gasteiger partial charge is 0.395 e. The third kappa shape index (κ3) is 3.80. The molecule has 0 aliphatic rings. The second kappa shape index (κ2) is 7.43. The number of imidazole rings is 1. The first-order chi connectivity index (χ1) is 11.8. The molecule has 0 atom stereocenters. The summed E-state index contributed by atoms with van der Waals surface area (Å²) in [5.74, 6) is -0.205. The van der Waals surface area contributed by atoms with Gasteiger partial charge >= 0.3 is 0 Å². The molecule has 0 aliphatic heterocycles. The molecule has 1 aromatic heterocycles. The summed E-state index contributed by atoms with van der Waals surface area (Å²) in [7, 11) is 0. The van der Waals surface area contributed by atoms with Gasteiger partial charge < -0.3 is 20.3 Å². The molecule has 0 aliphatic carbocycles. The van der Waals surface area contributed by atoms with Crippen LogP contribution in [-0.2, 0) is 0 Å². The monoisotopic (exact) mass is 322 g/mol. The molecule has 2 aromatic carbocycles. The Hall–Kier alpha value is -3.12. The summed E-state index contributed by atoms with van der Waals surface area (Å²) in [6.07, 6.45) is 5.37. The fourth-order valence-electron chi connectivity index (χ4n) is 2.31. The summed E-state index contributed by atoms with van der Waals surface area (Å²) >= 11 is 0. The summed E-state index contributed by atoms with van der Waals surface area (Å²) < 4.78 is 1.93. The molecule has 3 N–H and O–H groups in total. The number of hydrogen-bond acceptors (Lipinski definition) is 4. The molecule has 6 nitrogen and oxygen atoms in total. The van der Waals surface area contributed by atoms with E-state index in [0.717, 1.165) is 17.1 Å². The van der Waals surface area contributed by atoms with Crippen LogP contribution in [0.2, 0.25) is 0 Å². The lowest BCUT2D eigenvalue weighted by Crippen LogP contribution is -2.26. The summed E-state index contributed by atoms with van der Waals surface area (Å²) in [6.45, 7) is 0.166. The minimum Gasteiger partial charge on any atom is -0.395 e. The Balaban J connectivity index is 1.70. The van der Waals surface area contributed by atoms with Crippen molar-refractivity contribution < 1.29 is 9.90 Å². The molecule has 0 unspecified atom stereocenters. The van der Waals surface area contributed by atoms with Crippen LogP contribution in [0.5, 0.6) is 0 Å². The zero-order valence-electron chi connectivity index (χ0n) is 13.0. The van der Waals surface area contributed by atoms with Crippen molar-refractivity contribution in [3.63, 3.8) is 0 Å². The van der Waals surface area contributed by atoms with Crippen LogP contribution >= 0.6 is 0 Å². The first kappa shape index (κ1) is 15.8. The maximum atomic E-state index is 11.9. The molecule has 6 heteroatoms. The van der Waals surface area contributed by atoms with Gasteiger partial charge in [0, 0.05) is 41.6 Å². The molecule has 0 saturated heterocycles. The van der Waals surface area contributed by atoms with Crippen LogP contribution in [-0.4, -0.2) is 33.7 Å². The average molecular weight is 322 g/mol. The number of nitrogens with zero attached hydrogens (tertiary/aromatic N) is 2. The van der Waals surface area contributed by atoms with Crippen molar-refractivity contribution in [3.05, 3.63) is 72.8 Å². The minimum atomic E-state index is -0.205. The van der Waals surface area contributed by atoms with Crippen LogP contribution in [0.15, 0.2) is 67.3 Å². The van der Waals surface area contributed by atoms with E-state index in [4.69, 9.17) is 5.11 Å². The number of carbonyl (C=O) groups is 1. The number of aliphatic hydroxyl groups is 1. The SMILES string of the molecule is O=C(NCCO)c1cccc(Nc2ccc(-n3ccnc3)cc2)c1. The number of anilines is 2. The van der Waals surface area contributed by atoms with Gasteiger partial charge in [-0.15, -0.1) is 0 Å². The quantitative estimate of drug-likeness (QED) is 0.651. The third-order valence-corrected chi connectivity index (χ3v) is 3.48. The van der Waals surface area contributed by atoms with E-state index in [1.807, 2.05) is 47.2 Å². The Labute approximate surface area is 139 Å². The highest BCUT2D eigenvalue weighted by Gasteiger charge is 2.05. The first-order valence-corrected chi connectivity index (χ1v) is 7.61. The number of amides is 1. The number of aliphatic hydroxyl groups excluding tert-OH is 1. The number of hydrogen-bond donors (Lipinski definition) is 3. The van der Waals surface area contributed by atoms with Gasteiger partial charge in [-0.3, -0.25) is 4.79 Å². The van der Waals surface area contributed by atoms with Gasteiger partial charge in [0.15, 0.2) is 0 Å². The van der Waals surface area contributed by atoms with Crippen LogP contribution in [0.4, 0.5) is 11.4 Å². The van der Waals surface area contributed by atoms with E-state index < -0.39 is 0 Å². The molecule has 122 valence electrons. The summed E-state index contributed by atoms with van der Waals surface area (Å²) in [5, 5.41) is 14.7. The zero-order chi connectivity index (χ0) is 16.8. The van der Waals surface area contributed by atoms with Gasteiger partial charge in [0.05, 0.1) is 12.9 Å². The van der Waals surface area contributed by atoms with Gasteiger partial charge in [0.2, 0.25) is 0 Å². The number of benzene rings is 2. The van der Waals surface area contributed by atoms with Gasteiger partial charge in [-0.05, 0) is 42.5 Å². The van der Waals surface area contributed by atoms with Crippen molar-refractivity contribution in [1.29, 1.82) is 0 Å². The maximum absolute atomic E-state index is 11.9. The predicted octanol–water partition coefficient (Wildman–Crippen LogP) is 2.34. The van der Waals surface area contributed by atoms with Gasteiger partial charge in [-0.2, -0.15) is 0 Å². The van der Waals surface area contributed by atoms with E-state index in [-0.39, 0.29) is 19.1 Å². The fraction of sp³-hybridized carbons (Fsp3) is 0.111. The molecule has 3 aromatic rings. The summed E-state index contributed by atoms with van der Waals surface area (Å²) in [5.41, 5.74) is 3.31. The van der Waals surface area contributed by atoms with Crippen LogP contribution in [0.1, 0.15) is 10.4 Å². The van der Waals surface area contributed by atoms with Crippen LogP contribution in [0, 0.1) is 0 Å². The fourth-order valence-corrected chi connectivity index (χ4v) is 2.31. The molecule has 0 saturated carbocycles. The molecule has 1 heterocycles. The Morgan fingerprint density at radius 3 is 2.67 bits per heavy atom. The molecule has 0 radical (unpaired) electrons. The lowest BCUT2D eigenvalue weighted by atomic mass is 10.1. The highest BCUT2D eigenvalue weighted by molar-refractivity contribution is 5.95. The smallest absolute Gasteiger partial charge is 0.251 e. The lowest BCUT2D eigenvalue weighted by Gasteiger charge is -2.10. The Morgan fingerprint density at radius 1 is 1.12 bits per heavy atom. The molecule has 0 fully saturated rings.